The van der Waals surface area contributed by atoms with E-state index in [1.807, 2.05) is 13.0 Å². The van der Waals surface area contributed by atoms with E-state index in [2.05, 4.69) is 124 Å². The summed E-state index contributed by atoms with van der Waals surface area (Å²) >= 11 is 5.53. The minimum absolute atomic E-state index is 0. The van der Waals surface area contributed by atoms with Gasteiger partial charge in [0.2, 0.25) is 0 Å². The fourth-order valence-corrected chi connectivity index (χ4v) is 28.2. The average Bonchev–Trinajstić information content (AvgIpc) is 1.57. The van der Waals surface area contributed by atoms with E-state index in [4.69, 9.17) is 99.7 Å². The summed E-state index contributed by atoms with van der Waals surface area (Å²) in [6.07, 6.45) is 5.83. The van der Waals surface area contributed by atoms with Gasteiger partial charge in [0, 0.05) is 90.2 Å². The monoisotopic (exact) mass is 1730 g/mol. The summed E-state index contributed by atoms with van der Waals surface area (Å²) < 4.78 is 134. The molecule has 6 aliphatic carbocycles. The molecule has 6 saturated carbocycles. The zero-order chi connectivity index (χ0) is 80.6. The first kappa shape index (κ1) is 104. The highest BCUT2D eigenvalue weighted by Crippen LogP contribution is 2.64. The molecular weight excluding hydrogens is 1590 g/mol. The molecular formula is C76H141N5O24P5S2+3. The Morgan fingerprint density at radius 2 is 0.812 bits per heavy atom. The van der Waals surface area contributed by atoms with Gasteiger partial charge in [0.25, 0.3) is 8.53 Å². The lowest BCUT2D eigenvalue weighted by Gasteiger charge is -2.39. The Balaban J connectivity index is 0.000000287. The van der Waals surface area contributed by atoms with Crippen LogP contribution in [0.1, 0.15) is 177 Å². The topological polar surface area (TPSA) is 367 Å². The molecule has 12 fully saturated rings. The molecule has 648 valence electrons. The van der Waals surface area contributed by atoms with Crippen LogP contribution < -0.4 is 0 Å². The van der Waals surface area contributed by atoms with E-state index in [9.17, 15) is 29.0 Å². The Hall–Kier alpha value is -0.590. The summed E-state index contributed by atoms with van der Waals surface area (Å²) in [5.41, 5.74) is -1.23. The summed E-state index contributed by atoms with van der Waals surface area (Å²) in [6.45, 7) is 36.8. The van der Waals surface area contributed by atoms with Crippen LogP contribution in [0, 0.1) is 102 Å². The van der Waals surface area contributed by atoms with Gasteiger partial charge in [-0.25, -0.2) is 9.34 Å². The third-order valence-electron chi connectivity index (χ3n) is 23.7. The van der Waals surface area contributed by atoms with Crippen LogP contribution in [0.3, 0.4) is 0 Å². The minimum atomic E-state index is -2.62. The van der Waals surface area contributed by atoms with Gasteiger partial charge in [0.15, 0.2) is 25.8 Å². The van der Waals surface area contributed by atoms with Gasteiger partial charge < -0.3 is 76.3 Å². The van der Waals surface area contributed by atoms with Gasteiger partial charge in [-0.15, -0.1) is 23.0 Å². The second kappa shape index (κ2) is 47.2. The van der Waals surface area contributed by atoms with Crippen LogP contribution in [0.2, 0.25) is 0 Å². The Labute approximate surface area is 685 Å². The highest BCUT2D eigenvalue weighted by atomic mass is 32.7. The van der Waals surface area contributed by atoms with E-state index >= 15 is 0 Å². The number of thiol groups is 1. The molecule has 6 saturated heterocycles. The van der Waals surface area contributed by atoms with Gasteiger partial charge in [0.05, 0.1) is 176 Å². The molecule has 29 unspecified atom stereocenters. The van der Waals surface area contributed by atoms with E-state index in [0.29, 0.717) is 133 Å². The fraction of sp³-hybridized carbons (Fsp3) is 0.961. The third-order valence-corrected chi connectivity index (χ3v) is 32.0. The third kappa shape index (κ3) is 24.2. The van der Waals surface area contributed by atoms with Crippen LogP contribution in [-0.2, 0) is 92.7 Å². The second-order valence-electron chi connectivity index (χ2n) is 33.6. The Bertz CT molecular complexity index is 2860. The molecule has 0 spiro atoms. The molecule has 0 aromatic carbocycles. The van der Waals surface area contributed by atoms with Crippen LogP contribution in [0.25, 0.3) is 0 Å². The molecule has 12 bridgehead atoms. The van der Waals surface area contributed by atoms with Crippen molar-refractivity contribution in [2.24, 2.45) is 68.0 Å². The van der Waals surface area contributed by atoms with E-state index in [-0.39, 0.29) is 149 Å². The Kier molecular flexibility index (Phi) is 43.7. The van der Waals surface area contributed by atoms with Crippen LogP contribution in [0.5, 0.6) is 0 Å². The number of nitrogens with zero attached hydrogens (tertiary/aromatic N) is 5. The number of hydrogen-bond acceptors (Lipinski definition) is 29. The maximum absolute atomic E-state index is 11.7. The first-order valence-corrected chi connectivity index (χ1v) is 47.1. The molecule has 0 radical (unpaired) electrons. The summed E-state index contributed by atoms with van der Waals surface area (Å²) in [4.78, 5) is 8.72. The van der Waals surface area contributed by atoms with E-state index < -0.39 is 51.3 Å². The number of nitriles is 3. The minimum Gasteiger partial charge on any atom is -0.396 e. The van der Waals surface area contributed by atoms with Crippen molar-refractivity contribution in [1.29, 1.82) is 15.8 Å². The lowest BCUT2D eigenvalue weighted by molar-refractivity contribution is -0.0115. The molecule has 6 aliphatic heterocycles. The van der Waals surface area contributed by atoms with Crippen LogP contribution in [-0.4, -0.2) is 254 Å². The van der Waals surface area contributed by atoms with Crippen molar-refractivity contribution in [3.63, 3.8) is 0 Å². The summed E-state index contributed by atoms with van der Waals surface area (Å²) in [5.74, 6) is 3.22. The predicted octanol–water partition coefficient (Wildman–Crippen LogP) is 14.3. The van der Waals surface area contributed by atoms with Crippen molar-refractivity contribution in [3.05, 3.63) is 0 Å². The average molecular weight is 1730 g/mol. The van der Waals surface area contributed by atoms with Crippen LogP contribution in [0.4, 0.5) is 0 Å². The molecule has 6 heterocycles. The van der Waals surface area contributed by atoms with Gasteiger partial charge in [-0.05, 0) is 134 Å². The van der Waals surface area contributed by atoms with E-state index in [1.165, 1.54) is 0 Å². The number of fused-ring (bicyclic) bond motifs is 12. The van der Waals surface area contributed by atoms with Gasteiger partial charge in [-0.1, -0.05) is 75.2 Å². The standard InChI is InChI=1S/C18H33N2O4P.C18H33N2O3PS.C12H19NO5P.C9H16O3.C8H13O5P.C8H13O4PS.3CH4/c1-13(2)20(14(3)4)25(23-9-7-8-19)24-17-16-15(5)10-18(17,11-21-6)12-22-16;1-13(2)20(14(3)4)24(25-9-7-8-19)23-17-16-15(5)10-18(17,11-21-6)12-22-16;1-9-6-12(7-15-2)8-16-10(9)11(12)18-19(14)17-5-3-4-13;1-6-3-9(4-11-2)5-12-7(6)8(9)10;1-5-2-8(3-9)4-12-6(5)7(8)13-14(10)11;1-5-2-8(3-9)4-11-6(5)7(8)12-13(10)14;;;/h2*13-17H,7,9-12H2,1-6H3;9-11H,3,5-8H2,1-2H3;6-8,10H,3-5H2,1-2H3;2*5-7,9H,2-4H2,1H3;3*1H4/q;;+1;;;;;;/p+2. The lowest BCUT2D eigenvalue weighted by Crippen LogP contribution is -2.40. The lowest BCUT2D eigenvalue weighted by atomic mass is 9.86. The first-order valence-electron chi connectivity index (χ1n) is 38.6. The highest BCUT2D eigenvalue weighted by molar-refractivity contribution is 8.53. The Morgan fingerprint density at radius 1 is 0.482 bits per heavy atom. The number of rotatable bonds is 35. The number of aliphatic hydroxyl groups excluding tert-OH is 3. The summed E-state index contributed by atoms with van der Waals surface area (Å²) in [7, 11) is -2.03. The normalized spacial score (nSPS) is 38.2. The van der Waals surface area contributed by atoms with Crippen molar-refractivity contribution < 1.29 is 113 Å². The molecule has 29 nitrogen and oxygen atoms in total. The largest absolute Gasteiger partial charge is 0.697 e. The maximum atomic E-state index is 11.7. The van der Waals surface area contributed by atoms with Crippen LogP contribution in [0.15, 0.2) is 0 Å². The van der Waals surface area contributed by atoms with Crippen molar-refractivity contribution in [2.45, 2.75) is 274 Å². The molecule has 4 N–H and O–H groups in total. The van der Waals surface area contributed by atoms with Crippen molar-refractivity contribution in [1.82, 2.24) is 9.34 Å². The number of ether oxygens (including phenoxy) is 10. The van der Waals surface area contributed by atoms with E-state index in [0.717, 1.165) is 50.9 Å². The maximum Gasteiger partial charge on any atom is 0.697 e. The molecule has 0 aromatic rings. The number of aliphatic hydroxyl groups is 3. The second-order valence-corrected chi connectivity index (χ2v) is 41.8. The zero-order valence-electron chi connectivity index (χ0n) is 67.5. The molecule has 112 heavy (non-hydrogen) atoms. The molecule has 0 amide bonds. The highest BCUT2D eigenvalue weighted by Gasteiger charge is 2.67. The zero-order valence-corrected chi connectivity index (χ0v) is 73.6. The Morgan fingerprint density at radius 3 is 1.17 bits per heavy atom. The predicted molar refractivity (Wildman–Crippen MR) is 435 cm³/mol. The van der Waals surface area contributed by atoms with Crippen LogP contribution >= 0.6 is 63.4 Å². The molecule has 36 heteroatoms. The quantitative estimate of drug-likeness (QED) is 0.0223. The molecule has 12 aliphatic rings. The summed E-state index contributed by atoms with van der Waals surface area (Å²) in [5, 5.41) is 54.7. The molecule has 12 rings (SSSR count). The van der Waals surface area contributed by atoms with Gasteiger partial charge in [-0.2, -0.15) is 15.8 Å². The number of methoxy groups -OCH3 is 4. The molecule has 0 aromatic heterocycles. The molecule has 29 atom stereocenters. The van der Waals surface area contributed by atoms with Crippen molar-refractivity contribution >= 4 is 63.4 Å². The van der Waals surface area contributed by atoms with Gasteiger partial charge in [0.1, 0.15) is 31.1 Å². The van der Waals surface area contributed by atoms with Gasteiger partial charge in [-0.3, -0.25) is 0 Å². The van der Waals surface area contributed by atoms with E-state index in [1.54, 1.807) is 39.8 Å². The summed E-state index contributed by atoms with van der Waals surface area (Å²) in [6, 6.07) is 7.71. The first-order chi connectivity index (χ1) is 51.7. The SMILES string of the molecule is C.C.C.CC1CC2(CO)COC1C2O[P+](=O)O.CC1CC2(CO)COC1C2O[P+](=O)S.COCC12COC(C(C)C1)C2O.COCC12COC(C(C)C1)C2OP(OCCC#N)N(C(C)C)C(C)C.COCC12COC(C(C)C1)C2OP(SCCC#N)N(C(C)C)C(C)C.COCC12COC(C(C)C1)C2O[P+](=O)OCCC#N. The fourth-order valence-electron chi connectivity index (χ4n) is 19.5. The number of hydrogen-bond donors (Lipinski definition) is 5. The van der Waals surface area contributed by atoms with Crippen molar-refractivity contribution in [2.75, 3.05) is 127 Å². The smallest absolute Gasteiger partial charge is 0.396 e. The van der Waals surface area contributed by atoms with Gasteiger partial charge >= 0.3 is 23.7 Å². The van der Waals surface area contributed by atoms with Crippen molar-refractivity contribution in [3.8, 4) is 18.2 Å².